The maximum atomic E-state index is 12.9. The predicted octanol–water partition coefficient (Wildman–Crippen LogP) is 2.19. The summed E-state index contributed by atoms with van der Waals surface area (Å²) in [6.07, 6.45) is 4.63. The van der Waals surface area contributed by atoms with Gasteiger partial charge in [-0.25, -0.2) is 0 Å². The normalized spacial score (nSPS) is 18.1. The number of nitrogens with zero attached hydrogens (tertiary/aromatic N) is 2. The van der Waals surface area contributed by atoms with E-state index in [9.17, 15) is 9.59 Å². The van der Waals surface area contributed by atoms with Gasteiger partial charge in [0.1, 0.15) is 11.3 Å². The lowest BCUT2D eigenvalue weighted by Crippen LogP contribution is -2.49. The number of amides is 1. The van der Waals surface area contributed by atoms with Crippen molar-refractivity contribution in [1.29, 1.82) is 0 Å². The summed E-state index contributed by atoms with van der Waals surface area (Å²) in [6.45, 7) is 1.52. The molecule has 2 aromatic rings. The molecule has 6 heteroatoms. The molecule has 0 saturated carbocycles. The number of likely N-dealkylation sites (tertiary alicyclic amines) is 1. The summed E-state index contributed by atoms with van der Waals surface area (Å²) in [4.78, 5) is 31.9. The Morgan fingerprint density at radius 3 is 2.83 bits per heavy atom. The summed E-state index contributed by atoms with van der Waals surface area (Å²) in [5.41, 5.74) is 0.393. The van der Waals surface area contributed by atoms with Crippen molar-refractivity contribution in [2.75, 3.05) is 27.2 Å². The molecule has 1 N–H and O–H groups in total. The van der Waals surface area contributed by atoms with Gasteiger partial charge in [0.05, 0.1) is 12.0 Å². The number of carbonyl (C=O) groups excluding carboxylic acids is 1. The summed E-state index contributed by atoms with van der Waals surface area (Å²) < 4.78 is 5.28. The third-order valence-electron chi connectivity index (χ3n) is 4.39. The number of aromatic amines is 1. The molecule has 128 valence electrons. The highest BCUT2D eigenvalue weighted by molar-refractivity contribution is 5.94. The van der Waals surface area contributed by atoms with E-state index >= 15 is 0 Å². The second-order valence-electron chi connectivity index (χ2n) is 6.50. The van der Waals surface area contributed by atoms with Crippen molar-refractivity contribution in [2.24, 2.45) is 0 Å². The van der Waals surface area contributed by atoms with Crippen LogP contribution in [0.15, 0.2) is 39.7 Å². The Labute approximate surface area is 141 Å². The van der Waals surface area contributed by atoms with Gasteiger partial charge in [-0.3, -0.25) is 9.59 Å². The van der Waals surface area contributed by atoms with Gasteiger partial charge in [0.25, 0.3) is 11.5 Å². The zero-order valence-corrected chi connectivity index (χ0v) is 14.1. The minimum atomic E-state index is -0.372. The molecule has 24 heavy (non-hydrogen) atoms. The highest BCUT2D eigenvalue weighted by Crippen LogP contribution is 2.20. The van der Waals surface area contributed by atoms with Crippen molar-refractivity contribution < 1.29 is 9.21 Å². The molecule has 3 heterocycles. The number of aromatic nitrogens is 1. The average molecular weight is 329 g/mol. The minimum Gasteiger partial charge on any atom is -0.463 e. The van der Waals surface area contributed by atoms with Crippen molar-refractivity contribution in [3.8, 4) is 11.5 Å². The van der Waals surface area contributed by atoms with Gasteiger partial charge in [0, 0.05) is 19.1 Å². The van der Waals surface area contributed by atoms with Crippen LogP contribution in [0.4, 0.5) is 0 Å². The molecule has 1 aliphatic heterocycles. The number of nitrogens with one attached hydrogen (secondary N) is 1. The molecule has 1 atom stereocenters. The fourth-order valence-corrected chi connectivity index (χ4v) is 3.25. The zero-order valence-electron chi connectivity index (χ0n) is 14.1. The molecule has 0 aromatic carbocycles. The Kier molecular flexibility index (Phi) is 4.85. The molecule has 2 aromatic heterocycles. The van der Waals surface area contributed by atoms with Crippen LogP contribution in [0.2, 0.25) is 0 Å². The van der Waals surface area contributed by atoms with Crippen molar-refractivity contribution in [2.45, 2.75) is 25.3 Å². The summed E-state index contributed by atoms with van der Waals surface area (Å²) in [5, 5.41) is 0. The van der Waals surface area contributed by atoms with Gasteiger partial charge < -0.3 is 19.2 Å². The highest BCUT2D eigenvalue weighted by atomic mass is 16.3. The van der Waals surface area contributed by atoms with Gasteiger partial charge in [-0.1, -0.05) is 0 Å². The van der Waals surface area contributed by atoms with Gasteiger partial charge in [0.2, 0.25) is 0 Å². The third kappa shape index (κ3) is 3.43. The van der Waals surface area contributed by atoms with Gasteiger partial charge in [-0.2, -0.15) is 0 Å². The lowest BCUT2D eigenvalue weighted by Gasteiger charge is -2.37. The average Bonchev–Trinajstić information content (AvgIpc) is 3.08. The predicted molar refractivity (Wildman–Crippen MR) is 92.0 cm³/mol. The smallest absolute Gasteiger partial charge is 0.261 e. The van der Waals surface area contributed by atoms with Crippen LogP contribution in [-0.2, 0) is 0 Å². The summed E-state index contributed by atoms with van der Waals surface area (Å²) >= 11 is 0. The van der Waals surface area contributed by atoms with E-state index in [2.05, 4.69) is 9.88 Å². The fraction of sp³-hybridized carbons (Fsp3) is 0.444. The maximum absolute atomic E-state index is 12.9. The summed E-state index contributed by atoms with van der Waals surface area (Å²) in [6, 6.07) is 7.00. The van der Waals surface area contributed by atoms with Crippen LogP contribution in [0.5, 0.6) is 0 Å². The number of pyridine rings is 1. The third-order valence-corrected chi connectivity index (χ3v) is 4.39. The van der Waals surface area contributed by atoms with Crippen molar-refractivity contribution in [3.63, 3.8) is 0 Å². The Hall–Kier alpha value is -2.34. The van der Waals surface area contributed by atoms with Crippen LogP contribution >= 0.6 is 0 Å². The molecule has 3 rings (SSSR count). The first-order valence-corrected chi connectivity index (χ1v) is 8.29. The number of hydrogen-bond donors (Lipinski definition) is 1. The molecule has 1 aliphatic rings. The van der Waals surface area contributed by atoms with Gasteiger partial charge in [-0.05, 0) is 57.6 Å². The van der Waals surface area contributed by atoms with Crippen LogP contribution in [0.3, 0.4) is 0 Å². The summed E-state index contributed by atoms with van der Waals surface area (Å²) in [5.74, 6) is 0.392. The first-order chi connectivity index (χ1) is 11.6. The Bertz CT molecular complexity index is 749. The quantitative estimate of drug-likeness (QED) is 0.933. The number of hydrogen-bond acceptors (Lipinski definition) is 4. The molecule has 1 amide bonds. The number of carbonyl (C=O) groups is 1. The van der Waals surface area contributed by atoms with Crippen LogP contribution < -0.4 is 5.56 Å². The second kappa shape index (κ2) is 7.05. The molecule has 0 aliphatic carbocycles. The number of H-pyrrole nitrogens is 1. The number of piperidine rings is 1. The molecule has 1 unspecified atom stereocenters. The largest absolute Gasteiger partial charge is 0.463 e. The van der Waals surface area contributed by atoms with Crippen molar-refractivity contribution in [3.05, 3.63) is 46.4 Å². The Morgan fingerprint density at radius 1 is 1.33 bits per heavy atom. The fourth-order valence-electron chi connectivity index (χ4n) is 3.25. The lowest BCUT2D eigenvalue weighted by atomic mass is 10.0. The number of likely N-dealkylation sites (N-methyl/N-ethyl adjacent to an activating group) is 1. The van der Waals surface area contributed by atoms with Crippen LogP contribution in [0, 0.1) is 0 Å². The number of furan rings is 1. The summed E-state index contributed by atoms with van der Waals surface area (Å²) in [7, 11) is 4.00. The lowest BCUT2D eigenvalue weighted by molar-refractivity contribution is 0.0573. The number of rotatable bonds is 4. The molecule has 1 fully saturated rings. The Morgan fingerprint density at radius 2 is 2.17 bits per heavy atom. The van der Waals surface area contributed by atoms with E-state index in [1.165, 1.54) is 0 Å². The minimum absolute atomic E-state index is 0.158. The van der Waals surface area contributed by atoms with E-state index in [1.807, 2.05) is 19.0 Å². The molecular weight excluding hydrogens is 306 g/mol. The van der Waals surface area contributed by atoms with Crippen molar-refractivity contribution >= 4 is 5.91 Å². The molecule has 0 radical (unpaired) electrons. The molecule has 0 spiro atoms. The van der Waals surface area contributed by atoms with Crippen LogP contribution in [-0.4, -0.2) is 53.9 Å². The molecule has 6 nitrogen and oxygen atoms in total. The van der Waals surface area contributed by atoms with E-state index in [-0.39, 0.29) is 23.1 Å². The molecule has 0 bridgehead atoms. The zero-order chi connectivity index (χ0) is 17.1. The first kappa shape index (κ1) is 16.5. The Balaban J connectivity index is 1.84. The maximum Gasteiger partial charge on any atom is 0.261 e. The van der Waals surface area contributed by atoms with Gasteiger partial charge >= 0.3 is 0 Å². The van der Waals surface area contributed by atoms with E-state index in [0.29, 0.717) is 18.0 Å². The van der Waals surface area contributed by atoms with Gasteiger partial charge in [0.15, 0.2) is 0 Å². The topological polar surface area (TPSA) is 69.5 Å². The van der Waals surface area contributed by atoms with Crippen LogP contribution in [0.1, 0.15) is 29.6 Å². The van der Waals surface area contributed by atoms with E-state index in [1.54, 1.807) is 30.5 Å². The monoisotopic (exact) mass is 329 g/mol. The van der Waals surface area contributed by atoms with E-state index < -0.39 is 0 Å². The SMILES string of the molecule is CN(C)CC1CCCCN1C(=O)c1ccc(-c2ccco2)[nH]c1=O. The van der Waals surface area contributed by atoms with Crippen molar-refractivity contribution in [1.82, 2.24) is 14.8 Å². The highest BCUT2D eigenvalue weighted by Gasteiger charge is 2.29. The van der Waals surface area contributed by atoms with Crippen LogP contribution in [0.25, 0.3) is 11.5 Å². The molecular formula is C18H23N3O3. The standard InChI is InChI=1S/C18H23N3O3/c1-20(2)12-13-6-3-4-10-21(13)18(23)14-8-9-15(19-17(14)22)16-7-5-11-24-16/h5,7-9,11,13H,3-4,6,10,12H2,1-2H3,(H,19,22). The first-order valence-electron chi connectivity index (χ1n) is 8.29. The van der Waals surface area contributed by atoms with E-state index in [4.69, 9.17) is 4.42 Å². The second-order valence-corrected chi connectivity index (χ2v) is 6.50. The van der Waals surface area contributed by atoms with E-state index in [0.717, 1.165) is 25.8 Å². The van der Waals surface area contributed by atoms with Gasteiger partial charge in [-0.15, -0.1) is 0 Å². The molecule has 1 saturated heterocycles.